The first kappa shape index (κ1) is 49.1. The SMILES string of the molecule is CC(C)C[C@H](NC(=O)[C@H](C)NC(=O)[C@H](CC(C)C)NC(=O)[C@@H](N)CO)C(=O)N[C@@H](CC(N)=O)C(=O)NCC(=O)N[C@H](C(=O)N[C@H](C(N)=O)C(C)C)[C@@H](C)O. The van der Waals surface area contributed by atoms with Crippen LogP contribution in [0.25, 0.3) is 0 Å². The van der Waals surface area contributed by atoms with E-state index >= 15 is 0 Å². The van der Waals surface area contributed by atoms with E-state index in [1.165, 1.54) is 13.8 Å². The number of nitrogens with two attached hydrogens (primary N) is 3. The van der Waals surface area contributed by atoms with Crippen molar-refractivity contribution in [2.45, 2.75) is 123 Å². The summed E-state index contributed by atoms with van der Waals surface area (Å²) < 4.78 is 0. The van der Waals surface area contributed by atoms with E-state index in [9.17, 15) is 48.3 Å². The van der Waals surface area contributed by atoms with Crippen LogP contribution in [0.15, 0.2) is 0 Å². The molecule has 0 spiro atoms. The Morgan fingerprint density at radius 2 is 1.06 bits per heavy atom. The van der Waals surface area contributed by atoms with Gasteiger partial charge in [0.2, 0.25) is 53.2 Å². The lowest BCUT2D eigenvalue weighted by Crippen LogP contribution is -2.60. The average molecular weight is 773 g/mol. The van der Waals surface area contributed by atoms with Crippen molar-refractivity contribution < 1.29 is 53.4 Å². The van der Waals surface area contributed by atoms with Crippen molar-refractivity contribution >= 4 is 53.2 Å². The summed E-state index contributed by atoms with van der Waals surface area (Å²) >= 11 is 0. The van der Waals surface area contributed by atoms with E-state index in [-0.39, 0.29) is 24.7 Å². The molecule has 0 saturated heterocycles. The first-order chi connectivity index (χ1) is 24.9. The van der Waals surface area contributed by atoms with Crippen LogP contribution in [0, 0.1) is 17.8 Å². The van der Waals surface area contributed by atoms with Gasteiger partial charge in [0.05, 0.1) is 25.7 Å². The maximum atomic E-state index is 13.4. The van der Waals surface area contributed by atoms with E-state index in [1.54, 1.807) is 41.5 Å². The van der Waals surface area contributed by atoms with Crippen LogP contribution in [0.2, 0.25) is 0 Å². The summed E-state index contributed by atoms with van der Waals surface area (Å²) in [6.45, 7) is 11.5. The molecule has 0 aliphatic carbocycles. The number of carbonyl (C=O) groups is 9. The lowest BCUT2D eigenvalue weighted by atomic mass is 10.0. The molecular weight excluding hydrogens is 712 g/mol. The Kier molecular flexibility index (Phi) is 21.6. The van der Waals surface area contributed by atoms with Crippen LogP contribution in [-0.2, 0) is 43.2 Å². The third-order valence-corrected chi connectivity index (χ3v) is 7.78. The number of hydrogen-bond donors (Lipinski definition) is 12. The second kappa shape index (κ2) is 23.7. The van der Waals surface area contributed by atoms with E-state index in [0.717, 1.165) is 0 Å². The van der Waals surface area contributed by atoms with Crippen molar-refractivity contribution in [1.82, 2.24) is 37.2 Å². The number of aliphatic hydroxyl groups excluding tert-OH is 2. The number of carbonyl (C=O) groups excluding carboxylic acids is 9. The normalized spacial score (nSPS) is 15.7. The maximum Gasteiger partial charge on any atom is 0.245 e. The van der Waals surface area contributed by atoms with Crippen LogP contribution in [-0.4, -0.2) is 125 Å². The van der Waals surface area contributed by atoms with E-state index in [1.807, 2.05) is 0 Å². The van der Waals surface area contributed by atoms with Gasteiger partial charge in [-0.25, -0.2) is 0 Å². The maximum absolute atomic E-state index is 13.4. The molecule has 0 saturated carbocycles. The quantitative estimate of drug-likeness (QED) is 0.0438. The molecule has 0 fully saturated rings. The average Bonchev–Trinajstić information content (AvgIpc) is 3.05. The summed E-state index contributed by atoms with van der Waals surface area (Å²) in [7, 11) is 0. The smallest absolute Gasteiger partial charge is 0.245 e. The van der Waals surface area contributed by atoms with Gasteiger partial charge in [0, 0.05) is 0 Å². The minimum Gasteiger partial charge on any atom is -0.394 e. The van der Waals surface area contributed by atoms with Crippen LogP contribution in [0.3, 0.4) is 0 Å². The molecule has 0 rings (SSSR count). The molecule has 0 unspecified atom stereocenters. The van der Waals surface area contributed by atoms with Gasteiger partial charge in [-0.3, -0.25) is 43.2 Å². The molecule has 21 nitrogen and oxygen atoms in total. The number of nitrogens with one attached hydrogen (secondary N) is 7. The number of aliphatic hydroxyl groups is 2. The van der Waals surface area contributed by atoms with Crippen molar-refractivity contribution in [1.29, 1.82) is 0 Å². The fourth-order valence-electron chi connectivity index (χ4n) is 4.86. The molecule has 9 amide bonds. The van der Waals surface area contributed by atoms with Crippen molar-refractivity contribution in [3.05, 3.63) is 0 Å². The second-order valence-corrected chi connectivity index (χ2v) is 14.3. The molecule has 308 valence electrons. The van der Waals surface area contributed by atoms with Gasteiger partial charge in [0.25, 0.3) is 0 Å². The Hall–Kier alpha value is -4.89. The summed E-state index contributed by atoms with van der Waals surface area (Å²) in [5.74, 6) is -8.57. The van der Waals surface area contributed by atoms with Crippen LogP contribution in [0.4, 0.5) is 0 Å². The van der Waals surface area contributed by atoms with Gasteiger partial charge in [-0.1, -0.05) is 41.5 Å². The molecular formula is C33H60N10O11. The zero-order valence-electron chi connectivity index (χ0n) is 32.2. The van der Waals surface area contributed by atoms with Crippen LogP contribution < -0.4 is 54.4 Å². The number of hydrogen-bond acceptors (Lipinski definition) is 12. The number of rotatable bonds is 24. The molecule has 0 aromatic carbocycles. The molecule has 15 N–H and O–H groups in total. The molecule has 0 aliphatic heterocycles. The monoisotopic (exact) mass is 772 g/mol. The first-order valence-corrected chi connectivity index (χ1v) is 17.6. The van der Waals surface area contributed by atoms with Crippen molar-refractivity contribution in [3.8, 4) is 0 Å². The number of amides is 9. The minimum absolute atomic E-state index is 0.0485. The molecule has 0 aliphatic rings. The van der Waals surface area contributed by atoms with Gasteiger partial charge in [-0.15, -0.1) is 0 Å². The summed E-state index contributed by atoms with van der Waals surface area (Å²) in [6, 6.07) is -9.12. The predicted molar refractivity (Wildman–Crippen MR) is 194 cm³/mol. The largest absolute Gasteiger partial charge is 0.394 e. The predicted octanol–water partition coefficient (Wildman–Crippen LogP) is -5.16. The highest BCUT2D eigenvalue weighted by Gasteiger charge is 2.33. The van der Waals surface area contributed by atoms with Gasteiger partial charge < -0.3 is 64.6 Å². The first-order valence-electron chi connectivity index (χ1n) is 17.6. The highest BCUT2D eigenvalue weighted by Crippen LogP contribution is 2.09. The van der Waals surface area contributed by atoms with Crippen molar-refractivity contribution in [2.24, 2.45) is 35.0 Å². The van der Waals surface area contributed by atoms with E-state index < -0.39 is 127 Å². The van der Waals surface area contributed by atoms with E-state index in [2.05, 4.69) is 37.2 Å². The Balaban J connectivity index is 5.75. The summed E-state index contributed by atoms with van der Waals surface area (Å²) in [4.78, 5) is 114. The summed E-state index contributed by atoms with van der Waals surface area (Å²) in [5.41, 5.74) is 16.2. The van der Waals surface area contributed by atoms with Gasteiger partial charge in [-0.05, 0) is 44.4 Å². The Morgan fingerprint density at radius 1 is 0.574 bits per heavy atom. The molecule has 0 aromatic rings. The number of primary amides is 2. The van der Waals surface area contributed by atoms with Crippen LogP contribution >= 0.6 is 0 Å². The zero-order valence-corrected chi connectivity index (χ0v) is 32.2. The highest BCUT2D eigenvalue weighted by molar-refractivity contribution is 5.98. The Labute approximate surface area is 314 Å². The molecule has 0 radical (unpaired) electrons. The second-order valence-electron chi connectivity index (χ2n) is 14.3. The third kappa shape index (κ3) is 18.2. The van der Waals surface area contributed by atoms with E-state index in [4.69, 9.17) is 22.3 Å². The summed E-state index contributed by atoms with van der Waals surface area (Å²) in [6.07, 6.45) is -1.92. The minimum atomic E-state index is -1.62. The standard InChI is InChI=1S/C33H60N10O11/c1-14(2)9-20(40-29(50)19(34)13-44)31(52)38-17(7)28(49)39-21(10-15(3)4)32(53)41-22(11-23(35)46)30(51)37-12-24(47)42-26(18(8)45)33(54)43-25(16(5)6)27(36)48/h14-22,25-26,44-45H,9-13,34H2,1-8H3,(H2,35,46)(H2,36,48)(H,37,51)(H,38,52)(H,39,49)(H,40,50)(H,41,53)(H,42,47)(H,43,54)/t17-,18+,19-,20-,21-,22-,25-,26-/m0/s1. The van der Waals surface area contributed by atoms with Gasteiger partial charge in [0.15, 0.2) is 0 Å². The Bertz CT molecular complexity index is 1340. The van der Waals surface area contributed by atoms with Crippen LogP contribution in [0.5, 0.6) is 0 Å². The van der Waals surface area contributed by atoms with E-state index in [0.29, 0.717) is 0 Å². The lowest BCUT2D eigenvalue weighted by molar-refractivity contribution is -0.136. The summed E-state index contributed by atoms with van der Waals surface area (Å²) in [5, 5.41) is 35.9. The molecule has 0 bridgehead atoms. The third-order valence-electron chi connectivity index (χ3n) is 7.78. The van der Waals surface area contributed by atoms with Crippen LogP contribution in [0.1, 0.15) is 74.7 Å². The Morgan fingerprint density at radius 3 is 1.48 bits per heavy atom. The molecule has 8 atom stereocenters. The van der Waals surface area contributed by atoms with Gasteiger partial charge in [0.1, 0.15) is 42.3 Å². The van der Waals surface area contributed by atoms with Crippen molar-refractivity contribution in [3.63, 3.8) is 0 Å². The molecule has 21 heteroatoms. The fourth-order valence-corrected chi connectivity index (χ4v) is 4.86. The van der Waals surface area contributed by atoms with Gasteiger partial charge >= 0.3 is 0 Å². The molecule has 0 aromatic heterocycles. The topological polar surface area (TPSA) is 356 Å². The van der Waals surface area contributed by atoms with Gasteiger partial charge in [-0.2, -0.15) is 0 Å². The van der Waals surface area contributed by atoms with Crippen molar-refractivity contribution in [2.75, 3.05) is 13.2 Å². The molecule has 0 heterocycles. The molecule has 54 heavy (non-hydrogen) atoms. The lowest BCUT2D eigenvalue weighted by Gasteiger charge is -2.26. The zero-order chi connectivity index (χ0) is 42.0. The fraction of sp³-hybridized carbons (Fsp3) is 0.727. The highest BCUT2D eigenvalue weighted by atomic mass is 16.3.